The Bertz CT molecular complexity index is 2130. The summed E-state index contributed by atoms with van der Waals surface area (Å²) in [4.78, 5) is 88.3. The number of anilines is 1. The van der Waals surface area contributed by atoms with Crippen molar-refractivity contribution in [1.82, 2.24) is 30.2 Å². The number of aromatic nitrogens is 4. The van der Waals surface area contributed by atoms with Crippen molar-refractivity contribution in [1.29, 1.82) is 0 Å². The van der Waals surface area contributed by atoms with Crippen LogP contribution in [-0.2, 0) is 50.7 Å². The first-order valence-electron chi connectivity index (χ1n) is 22.0. The summed E-state index contributed by atoms with van der Waals surface area (Å²) in [7, 11) is -16.4. The average Bonchev–Trinajstić information content (AvgIpc) is 3.82. The quantitative estimate of drug-likeness (QED) is 0.0278. The van der Waals surface area contributed by atoms with E-state index in [9.17, 15) is 63.0 Å². The van der Waals surface area contributed by atoms with Crippen LogP contribution in [0.25, 0.3) is 11.2 Å². The molecule has 3 heterocycles. The van der Waals surface area contributed by atoms with Crippen LogP contribution < -0.4 is 16.4 Å². The topological polar surface area (TPSA) is 384 Å². The van der Waals surface area contributed by atoms with Gasteiger partial charge in [-0.1, -0.05) is 88.9 Å². The van der Waals surface area contributed by atoms with Crippen LogP contribution in [0.5, 0.6) is 0 Å². The van der Waals surface area contributed by atoms with Crippen LogP contribution in [0.1, 0.15) is 104 Å². The van der Waals surface area contributed by atoms with Gasteiger partial charge in [-0.15, -0.1) is 0 Å². The molecule has 0 aliphatic carbocycles. The SMILES string of the molecule is CC/C=C/C/C=C/CC(O)CCCCCCCCC(=O)SCCNC(=O)CCNC(=O)C(O)C(C)(C)COP(=O)(O)OP(=O)(O)OCC1OC(n2cnc3c(N)ncnc32)C(O)C1OP(=O)(O)O. The number of carbonyl (C=O) groups excluding carboxylic acids is 3. The molecule has 8 unspecified atom stereocenters. The molecule has 29 heteroatoms. The maximum absolute atomic E-state index is 12.7. The van der Waals surface area contributed by atoms with Crippen molar-refractivity contribution >= 4 is 69.1 Å². The molecule has 25 nitrogen and oxygen atoms in total. The smallest absolute Gasteiger partial charge is 0.393 e. The monoisotopic (exact) mass is 1050 g/mol. The second kappa shape index (κ2) is 28.7. The minimum atomic E-state index is -5.58. The zero-order chi connectivity index (χ0) is 50.5. The summed E-state index contributed by atoms with van der Waals surface area (Å²) in [6.07, 6.45) is 10.6. The summed E-state index contributed by atoms with van der Waals surface area (Å²) in [5, 5.41) is 36.7. The minimum absolute atomic E-state index is 0.0255. The molecule has 0 bridgehead atoms. The molecule has 0 spiro atoms. The Morgan fingerprint density at radius 2 is 1.60 bits per heavy atom. The van der Waals surface area contributed by atoms with Gasteiger partial charge in [-0.2, -0.15) is 4.31 Å². The van der Waals surface area contributed by atoms with Crippen molar-refractivity contribution in [2.24, 2.45) is 5.41 Å². The molecule has 1 fully saturated rings. The summed E-state index contributed by atoms with van der Waals surface area (Å²) < 4.78 is 62.4. The fourth-order valence-corrected chi connectivity index (χ4v) is 10.1. The van der Waals surface area contributed by atoms with Crippen molar-refractivity contribution < 1.29 is 85.6 Å². The summed E-state index contributed by atoms with van der Waals surface area (Å²) in [5.74, 6) is -1.09. The highest BCUT2D eigenvalue weighted by Crippen LogP contribution is 2.61. The van der Waals surface area contributed by atoms with Crippen molar-refractivity contribution in [3.63, 3.8) is 0 Å². The van der Waals surface area contributed by atoms with Crippen molar-refractivity contribution in [2.75, 3.05) is 37.8 Å². The molecule has 386 valence electrons. The normalized spacial score (nSPS) is 20.7. The first-order chi connectivity index (χ1) is 31.9. The first-order valence-corrected chi connectivity index (χ1v) is 27.5. The molecule has 1 aliphatic heterocycles. The molecule has 2 aromatic rings. The van der Waals surface area contributed by atoms with Crippen LogP contribution in [0, 0.1) is 5.41 Å². The number of nitrogen functional groups attached to an aromatic ring is 1. The van der Waals surface area contributed by atoms with E-state index in [0.717, 1.165) is 86.8 Å². The number of phosphoric ester groups is 3. The molecule has 2 amide bonds. The van der Waals surface area contributed by atoms with Crippen LogP contribution in [-0.4, -0.2) is 134 Å². The van der Waals surface area contributed by atoms with Gasteiger partial charge in [0.05, 0.1) is 25.6 Å². The number of phosphoric acid groups is 3. The number of aliphatic hydroxyl groups excluding tert-OH is 3. The van der Waals surface area contributed by atoms with Gasteiger partial charge in [-0.25, -0.2) is 28.6 Å². The van der Waals surface area contributed by atoms with Gasteiger partial charge in [0.2, 0.25) is 11.8 Å². The number of nitrogens with zero attached hydrogens (tertiary/aromatic N) is 4. The molecular weight excluding hydrogens is 979 g/mol. The van der Waals surface area contributed by atoms with E-state index >= 15 is 0 Å². The molecule has 8 atom stereocenters. The van der Waals surface area contributed by atoms with Gasteiger partial charge in [0.15, 0.2) is 22.8 Å². The highest BCUT2D eigenvalue weighted by atomic mass is 32.2. The molecular formula is C39H66N7O18P3S. The lowest BCUT2D eigenvalue weighted by atomic mass is 9.87. The Morgan fingerprint density at radius 3 is 2.31 bits per heavy atom. The third-order valence-electron chi connectivity index (χ3n) is 10.2. The summed E-state index contributed by atoms with van der Waals surface area (Å²) in [6.45, 7) is 2.59. The molecule has 3 rings (SSSR count). The number of ether oxygens (including phenoxy) is 1. The third kappa shape index (κ3) is 21.6. The van der Waals surface area contributed by atoms with Crippen molar-refractivity contribution in [2.45, 2.75) is 135 Å². The lowest BCUT2D eigenvalue weighted by Gasteiger charge is -2.30. The Balaban J connectivity index is 1.30. The highest BCUT2D eigenvalue weighted by molar-refractivity contribution is 8.13. The second-order valence-corrected chi connectivity index (χ2v) is 21.8. The number of allylic oxidation sites excluding steroid dienone is 3. The van der Waals surface area contributed by atoms with Gasteiger partial charge in [0, 0.05) is 37.1 Å². The largest absolute Gasteiger partial charge is 0.481 e. The zero-order valence-corrected chi connectivity index (χ0v) is 41.7. The summed E-state index contributed by atoms with van der Waals surface area (Å²) >= 11 is 1.12. The summed E-state index contributed by atoms with van der Waals surface area (Å²) in [6, 6.07) is 0. The van der Waals surface area contributed by atoms with E-state index in [4.69, 9.17) is 19.5 Å². The highest BCUT2D eigenvalue weighted by Gasteiger charge is 2.50. The number of hydrogen-bond donors (Lipinski definition) is 10. The van der Waals surface area contributed by atoms with Crippen LogP contribution in [0.3, 0.4) is 0 Å². The van der Waals surface area contributed by atoms with Gasteiger partial charge in [0.1, 0.15) is 36.3 Å². The summed E-state index contributed by atoms with van der Waals surface area (Å²) in [5.41, 5.74) is 4.27. The zero-order valence-electron chi connectivity index (χ0n) is 38.2. The number of rotatable bonds is 33. The lowest BCUT2D eigenvalue weighted by molar-refractivity contribution is -0.137. The number of thioether (sulfide) groups is 1. The lowest BCUT2D eigenvalue weighted by Crippen LogP contribution is -2.46. The van der Waals surface area contributed by atoms with E-state index in [0.29, 0.717) is 18.6 Å². The Labute approximate surface area is 398 Å². The number of aliphatic hydroxyl groups is 3. The van der Waals surface area contributed by atoms with Gasteiger partial charge in [-0.3, -0.25) is 32.5 Å². The maximum atomic E-state index is 12.7. The molecule has 0 saturated carbocycles. The van der Waals surface area contributed by atoms with Crippen molar-refractivity contribution in [3.05, 3.63) is 37.0 Å². The number of imidazole rings is 1. The number of hydrogen-bond acceptors (Lipinski definition) is 19. The molecule has 68 heavy (non-hydrogen) atoms. The maximum Gasteiger partial charge on any atom is 0.481 e. The van der Waals surface area contributed by atoms with Gasteiger partial charge in [0.25, 0.3) is 0 Å². The number of carbonyl (C=O) groups is 3. The third-order valence-corrected chi connectivity index (χ3v) is 14.2. The average molecular weight is 1050 g/mol. The molecule has 11 N–H and O–H groups in total. The van der Waals surface area contributed by atoms with E-state index < -0.39 is 84.6 Å². The second-order valence-electron chi connectivity index (χ2n) is 16.4. The van der Waals surface area contributed by atoms with E-state index in [2.05, 4.69) is 59.6 Å². The number of nitrogens with one attached hydrogen (secondary N) is 2. The number of fused-ring (bicyclic) bond motifs is 1. The van der Waals surface area contributed by atoms with Crippen LogP contribution >= 0.6 is 35.2 Å². The minimum Gasteiger partial charge on any atom is -0.393 e. The van der Waals surface area contributed by atoms with Crippen LogP contribution in [0.4, 0.5) is 5.82 Å². The van der Waals surface area contributed by atoms with E-state index in [1.165, 1.54) is 13.8 Å². The molecule has 2 aromatic heterocycles. The first kappa shape index (κ1) is 59.3. The molecule has 1 saturated heterocycles. The standard InChI is InChI=1S/C39H66N7O18P3S/c1-4-5-6-7-10-13-16-27(47)17-14-11-8-9-12-15-18-30(49)68-22-21-41-29(48)19-20-42-37(52)34(51)39(2,3)24-61-67(58,59)64-66(56,57)60-23-28-33(63-65(53,54)55)32(50)38(62-28)46-26-45-31-35(40)43-25-44-36(31)46/h5-6,10,13,25-28,32-34,38,47,50-51H,4,7-9,11-12,14-24H2,1-3H3,(H,41,48)(H,42,52)(H,56,57)(H,58,59)(H2,40,43,44)(H2,53,54,55)/b6-5+,13-10+. The number of nitrogens with two attached hydrogens (primary N) is 1. The molecule has 1 aliphatic rings. The predicted molar refractivity (Wildman–Crippen MR) is 248 cm³/mol. The van der Waals surface area contributed by atoms with Crippen LogP contribution in [0.15, 0.2) is 37.0 Å². The Morgan fingerprint density at radius 1 is 0.926 bits per heavy atom. The number of unbranched alkanes of at least 4 members (excludes halogenated alkanes) is 5. The molecule has 0 radical (unpaired) electrons. The van der Waals surface area contributed by atoms with E-state index in [1.807, 2.05) is 6.08 Å². The molecule has 0 aromatic carbocycles. The van der Waals surface area contributed by atoms with Gasteiger partial charge < -0.3 is 56.0 Å². The fourth-order valence-electron chi connectivity index (χ4n) is 6.53. The van der Waals surface area contributed by atoms with E-state index in [1.54, 1.807) is 0 Å². The van der Waals surface area contributed by atoms with Crippen LogP contribution in [0.2, 0.25) is 0 Å². The predicted octanol–water partition coefficient (Wildman–Crippen LogP) is 3.45. The van der Waals surface area contributed by atoms with E-state index in [-0.39, 0.29) is 47.7 Å². The van der Waals surface area contributed by atoms with Gasteiger partial charge >= 0.3 is 23.5 Å². The Hall–Kier alpha value is -3.00. The van der Waals surface area contributed by atoms with Crippen molar-refractivity contribution in [3.8, 4) is 0 Å². The Kier molecular flexibility index (Phi) is 25.1. The van der Waals surface area contributed by atoms with Gasteiger partial charge in [-0.05, 0) is 32.1 Å². The number of amides is 2. The fraction of sp³-hybridized carbons (Fsp3) is 0.692.